The molecule has 0 saturated carbocycles. The molecule has 1 N–H and O–H groups in total. The number of phenols is 1. The molecule has 1 aromatic rings. The van der Waals surface area contributed by atoms with Crippen LogP contribution in [0.2, 0.25) is 0 Å². The smallest absolute Gasteiger partial charge is 0.233 e. The number of fused-ring (bicyclic) bond motifs is 3. The molecule has 1 aromatic carbocycles. The average molecular weight is 462 g/mol. The lowest BCUT2D eigenvalue weighted by Gasteiger charge is -2.42. The van der Waals surface area contributed by atoms with Crippen molar-refractivity contribution in [2.75, 3.05) is 13.7 Å². The SMILES string of the molecule is CCCN1C(=O)C2CC=C3C(c4ccc(OC)c(O)c4)C4=C(CC3C2C1=O)C(=O)C=C(C)C4=O. The number of hydrogen-bond acceptors (Lipinski definition) is 6. The molecule has 7 heteroatoms. The number of phenolic OH excluding ortho intramolecular Hbond substituents is 1. The van der Waals surface area contributed by atoms with Gasteiger partial charge in [0.25, 0.3) is 0 Å². The summed E-state index contributed by atoms with van der Waals surface area (Å²) in [6.45, 7) is 3.94. The van der Waals surface area contributed by atoms with Gasteiger partial charge in [0.1, 0.15) is 0 Å². The van der Waals surface area contributed by atoms with Crippen molar-refractivity contribution in [3.05, 3.63) is 58.2 Å². The zero-order chi connectivity index (χ0) is 24.3. The highest BCUT2D eigenvalue weighted by molar-refractivity contribution is 6.23. The van der Waals surface area contributed by atoms with Crippen LogP contribution in [0.3, 0.4) is 0 Å². The van der Waals surface area contributed by atoms with Crippen molar-refractivity contribution in [2.45, 2.75) is 39.0 Å². The maximum Gasteiger partial charge on any atom is 0.233 e. The van der Waals surface area contributed by atoms with Crippen molar-refractivity contribution in [2.24, 2.45) is 17.8 Å². The Kier molecular flexibility index (Phi) is 5.30. The van der Waals surface area contributed by atoms with Crippen molar-refractivity contribution >= 4 is 23.4 Å². The van der Waals surface area contributed by atoms with Gasteiger partial charge in [0.2, 0.25) is 11.8 Å². The third-order valence-corrected chi connectivity index (χ3v) is 7.64. The van der Waals surface area contributed by atoms with E-state index in [-0.39, 0.29) is 41.5 Å². The van der Waals surface area contributed by atoms with E-state index >= 15 is 0 Å². The number of methoxy groups -OCH3 is 1. The molecule has 4 aliphatic rings. The number of Topliss-reactive ketones (excluding diaryl/α,β-unsaturated/α-hetero) is 1. The number of ketones is 2. The summed E-state index contributed by atoms with van der Waals surface area (Å²) in [5.41, 5.74) is 2.73. The molecule has 0 spiro atoms. The Morgan fingerprint density at radius 2 is 1.88 bits per heavy atom. The zero-order valence-electron chi connectivity index (χ0n) is 19.5. The molecule has 0 aromatic heterocycles. The van der Waals surface area contributed by atoms with Gasteiger partial charge in [-0.25, -0.2) is 0 Å². The van der Waals surface area contributed by atoms with Crippen molar-refractivity contribution in [3.63, 3.8) is 0 Å². The molecule has 1 aliphatic heterocycles. The van der Waals surface area contributed by atoms with Crippen LogP contribution in [-0.4, -0.2) is 47.0 Å². The second kappa shape index (κ2) is 8.08. The monoisotopic (exact) mass is 461 g/mol. The highest BCUT2D eigenvalue weighted by Crippen LogP contribution is 2.55. The first-order chi connectivity index (χ1) is 16.3. The summed E-state index contributed by atoms with van der Waals surface area (Å²) < 4.78 is 5.18. The molecule has 34 heavy (non-hydrogen) atoms. The van der Waals surface area contributed by atoms with Gasteiger partial charge in [0.05, 0.1) is 18.9 Å². The molecule has 0 bridgehead atoms. The molecule has 3 aliphatic carbocycles. The van der Waals surface area contributed by atoms with Crippen LogP contribution in [0.4, 0.5) is 0 Å². The number of amides is 2. The van der Waals surface area contributed by atoms with Gasteiger partial charge in [-0.15, -0.1) is 0 Å². The minimum atomic E-state index is -0.574. The normalized spacial score (nSPS) is 28.4. The zero-order valence-corrected chi connectivity index (χ0v) is 19.5. The first-order valence-electron chi connectivity index (χ1n) is 11.7. The lowest BCUT2D eigenvalue weighted by molar-refractivity contribution is -0.140. The van der Waals surface area contributed by atoms with Gasteiger partial charge < -0.3 is 9.84 Å². The fraction of sp³-hybridized carbons (Fsp3) is 0.407. The maximum atomic E-state index is 13.4. The number of likely N-dealkylation sites (tertiary alicyclic amines) is 1. The third-order valence-electron chi connectivity index (χ3n) is 7.64. The van der Waals surface area contributed by atoms with Crippen LogP contribution in [0.5, 0.6) is 11.5 Å². The van der Waals surface area contributed by atoms with Gasteiger partial charge in [-0.05, 0) is 55.9 Å². The standard InChI is InChI=1S/C27H27NO6/c1-4-9-28-26(32)16-7-6-15-17(23(16)27(28)33)12-18-19(29)10-13(2)25(31)24(18)22(15)14-5-8-21(34-3)20(30)11-14/h5-6,8,10-11,16-17,22-23,30H,4,7,9,12H2,1-3H3. The van der Waals surface area contributed by atoms with Crippen molar-refractivity contribution < 1.29 is 29.0 Å². The Morgan fingerprint density at radius 3 is 2.56 bits per heavy atom. The van der Waals surface area contributed by atoms with Crippen LogP contribution in [-0.2, 0) is 19.2 Å². The molecule has 4 atom stereocenters. The van der Waals surface area contributed by atoms with Crippen LogP contribution in [0.25, 0.3) is 0 Å². The number of rotatable bonds is 4. The average Bonchev–Trinajstić information content (AvgIpc) is 3.06. The molecule has 1 heterocycles. The number of hydrogen-bond donors (Lipinski definition) is 1. The number of ether oxygens (including phenoxy) is 1. The quantitative estimate of drug-likeness (QED) is 0.420. The van der Waals surface area contributed by atoms with Gasteiger partial charge in [-0.1, -0.05) is 24.6 Å². The first kappa shape index (κ1) is 22.3. The molecular formula is C27H27NO6. The number of nitrogens with zero attached hydrogens (tertiary/aromatic N) is 1. The Hall–Kier alpha value is -3.48. The van der Waals surface area contributed by atoms with Crippen LogP contribution in [0, 0.1) is 17.8 Å². The van der Waals surface area contributed by atoms with E-state index < -0.39 is 17.8 Å². The fourth-order valence-electron chi connectivity index (χ4n) is 6.14. The minimum Gasteiger partial charge on any atom is -0.504 e. The van der Waals surface area contributed by atoms with Gasteiger partial charge >= 0.3 is 0 Å². The van der Waals surface area contributed by atoms with Crippen LogP contribution in [0.15, 0.2) is 52.6 Å². The van der Waals surface area contributed by atoms with E-state index in [1.165, 1.54) is 18.1 Å². The van der Waals surface area contributed by atoms with E-state index in [2.05, 4.69) is 0 Å². The number of carbonyl (C=O) groups excluding carboxylic acids is 4. The molecule has 7 nitrogen and oxygen atoms in total. The molecule has 2 amide bonds. The number of imide groups is 1. The summed E-state index contributed by atoms with van der Waals surface area (Å²) in [6, 6.07) is 4.96. The number of benzene rings is 1. The van der Waals surface area contributed by atoms with Gasteiger partial charge in [-0.3, -0.25) is 24.1 Å². The predicted octanol–water partition coefficient (Wildman–Crippen LogP) is 3.24. The maximum absolute atomic E-state index is 13.4. The Bertz CT molecular complexity index is 1240. The largest absolute Gasteiger partial charge is 0.504 e. The first-order valence-corrected chi connectivity index (χ1v) is 11.7. The van der Waals surface area contributed by atoms with Crippen molar-refractivity contribution in [1.82, 2.24) is 4.90 Å². The Balaban J connectivity index is 1.67. The molecule has 176 valence electrons. The molecule has 5 rings (SSSR count). The number of carbonyl (C=O) groups is 4. The predicted molar refractivity (Wildman–Crippen MR) is 123 cm³/mol. The van der Waals surface area contributed by atoms with E-state index in [1.807, 2.05) is 13.0 Å². The number of aromatic hydroxyl groups is 1. The fourth-order valence-corrected chi connectivity index (χ4v) is 6.14. The van der Waals surface area contributed by atoms with E-state index in [0.717, 1.165) is 5.57 Å². The topological polar surface area (TPSA) is 101 Å². The van der Waals surface area contributed by atoms with Gasteiger partial charge in [-0.2, -0.15) is 0 Å². The van der Waals surface area contributed by atoms with Crippen LogP contribution >= 0.6 is 0 Å². The van der Waals surface area contributed by atoms with E-state index in [9.17, 15) is 24.3 Å². The second-order valence-electron chi connectivity index (χ2n) is 9.49. The lowest BCUT2D eigenvalue weighted by Crippen LogP contribution is -2.39. The summed E-state index contributed by atoms with van der Waals surface area (Å²) >= 11 is 0. The molecule has 4 unspecified atom stereocenters. The molecule has 1 fully saturated rings. The van der Waals surface area contributed by atoms with Crippen molar-refractivity contribution in [3.8, 4) is 11.5 Å². The number of allylic oxidation sites excluding steroid dienone is 6. The highest BCUT2D eigenvalue weighted by atomic mass is 16.5. The molecule has 0 radical (unpaired) electrons. The van der Waals surface area contributed by atoms with E-state index in [1.54, 1.807) is 25.1 Å². The summed E-state index contributed by atoms with van der Waals surface area (Å²) in [5.74, 6) is -2.43. The van der Waals surface area contributed by atoms with Crippen molar-refractivity contribution in [1.29, 1.82) is 0 Å². The summed E-state index contributed by atoms with van der Waals surface area (Å²) in [5, 5.41) is 10.5. The minimum absolute atomic E-state index is 0.0679. The van der Waals surface area contributed by atoms with E-state index in [4.69, 9.17) is 4.74 Å². The third kappa shape index (κ3) is 3.10. The highest BCUT2D eigenvalue weighted by Gasteiger charge is 2.56. The Morgan fingerprint density at radius 1 is 1.12 bits per heavy atom. The second-order valence-corrected chi connectivity index (χ2v) is 9.49. The molecule has 1 saturated heterocycles. The van der Waals surface area contributed by atoms with Gasteiger partial charge in [0, 0.05) is 29.2 Å². The summed E-state index contributed by atoms with van der Waals surface area (Å²) in [7, 11) is 1.46. The Labute approximate surface area is 197 Å². The lowest BCUT2D eigenvalue weighted by atomic mass is 9.59. The molecular weight excluding hydrogens is 434 g/mol. The van der Waals surface area contributed by atoms with Crippen LogP contribution in [0.1, 0.15) is 44.6 Å². The van der Waals surface area contributed by atoms with Gasteiger partial charge in [0.15, 0.2) is 23.1 Å². The van der Waals surface area contributed by atoms with E-state index in [0.29, 0.717) is 47.4 Å². The summed E-state index contributed by atoms with van der Waals surface area (Å²) in [4.78, 5) is 54.1. The summed E-state index contributed by atoms with van der Waals surface area (Å²) in [6.07, 6.45) is 4.70. The van der Waals surface area contributed by atoms with Crippen LogP contribution < -0.4 is 4.74 Å².